The molecule has 2 rings (SSSR count). The lowest BCUT2D eigenvalue weighted by Crippen LogP contribution is -2.43. The summed E-state index contributed by atoms with van der Waals surface area (Å²) >= 11 is 0. The average Bonchev–Trinajstić information content (AvgIpc) is 2.45. The summed E-state index contributed by atoms with van der Waals surface area (Å²) in [4.78, 5) is 11.9. The molecule has 0 aliphatic carbocycles. The maximum atomic E-state index is 11.9. The Kier molecular flexibility index (Phi) is 5.83. The first-order valence-corrected chi connectivity index (χ1v) is 8.15. The summed E-state index contributed by atoms with van der Waals surface area (Å²) in [6.45, 7) is 9.62. The maximum Gasteiger partial charge on any atom is 0.223 e. The summed E-state index contributed by atoms with van der Waals surface area (Å²) in [5.41, 5.74) is 2.59. The molecule has 0 spiro atoms. The number of hydrogen-bond donors (Lipinski definition) is 2. The summed E-state index contributed by atoms with van der Waals surface area (Å²) in [6.07, 6.45) is 2.64. The van der Waals surface area contributed by atoms with Gasteiger partial charge in [0.2, 0.25) is 5.91 Å². The Labute approximate surface area is 133 Å². The molecule has 1 aliphatic heterocycles. The number of hydrogen-bond acceptors (Lipinski definition) is 3. The number of piperidine rings is 1. The predicted octanol–water partition coefficient (Wildman–Crippen LogP) is 2.58. The highest BCUT2D eigenvalue weighted by atomic mass is 16.5. The first-order valence-electron chi connectivity index (χ1n) is 8.15. The second-order valence-electron chi connectivity index (χ2n) is 6.76. The lowest BCUT2D eigenvalue weighted by atomic mass is 9.81. The number of carbonyl (C=O) groups is 1. The second kappa shape index (κ2) is 7.63. The number of carbonyl (C=O) groups excluding carboxylic acids is 1. The number of rotatable bonds is 6. The maximum absolute atomic E-state index is 11.9. The van der Waals surface area contributed by atoms with E-state index in [9.17, 15) is 4.79 Å². The molecule has 0 aromatic heterocycles. The van der Waals surface area contributed by atoms with Crippen LogP contribution in [0.4, 0.5) is 0 Å². The summed E-state index contributed by atoms with van der Waals surface area (Å²) < 4.78 is 5.68. The van der Waals surface area contributed by atoms with Crippen LogP contribution in [0.1, 0.15) is 37.3 Å². The van der Waals surface area contributed by atoms with E-state index in [1.807, 2.05) is 26.0 Å². The van der Waals surface area contributed by atoms with Crippen LogP contribution in [-0.4, -0.2) is 32.1 Å². The Balaban J connectivity index is 1.69. The van der Waals surface area contributed by atoms with Crippen LogP contribution in [0.3, 0.4) is 0 Å². The first kappa shape index (κ1) is 16.8. The van der Waals surface area contributed by atoms with Crippen molar-refractivity contribution in [2.24, 2.45) is 5.41 Å². The van der Waals surface area contributed by atoms with Gasteiger partial charge in [0.05, 0.1) is 13.0 Å². The van der Waals surface area contributed by atoms with Crippen LogP contribution in [-0.2, 0) is 4.79 Å². The van der Waals surface area contributed by atoms with Crippen LogP contribution < -0.4 is 15.4 Å². The van der Waals surface area contributed by atoms with Crippen molar-refractivity contribution < 1.29 is 9.53 Å². The third-order valence-electron chi connectivity index (χ3n) is 4.32. The molecule has 1 saturated heterocycles. The normalized spacial score (nSPS) is 17.0. The van der Waals surface area contributed by atoms with E-state index in [0.717, 1.165) is 38.2 Å². The van der Waals surface area contributed by atoms with E-state index in [1.54, 1.807) is 0 Å². The van der Waals surface area contributed by atoms with Crippen molar-refractivity contribution in [3.05, 3.63) is 29.3 Å². The van der Waals surface area contributed by atoms with E-state index in [-0.39, 0.29) is 11.3 Å². The molecule has 1 aromatic carbocycles. The Morgan fingerprint density at radius 2 is 1.86 bits per heavy atom. The molecular weight excluding hydrogens is 276 g/mol. The van der Waals surface area contributed by atoms with Gasteiger partial charge in [-0.2, -0.15) is 0 Å². The molecule has 1 heterocycles. The fraction of sp³-hybridized carbons (Fsp3) is 0.611. The lowest BCUT2D eigenvalue weighted by molar-refractivity contribution is -0.122. The van der Waals surface area contributed by atoms with Gasteiger partial charge < -0.3 is 15.4 Å². The first-order chi connectivity index (χ1) is 10.5. The minimum Gasteiger partial charge on any atom is -0.493 e. The molecule has 4 nitrogen and oxygen atoms in total. The number of ether oxygens (including phenoxy) is 1. The Morgan fingerprint density at radius 3 is 2.50 bits per heavy atom. The van der Waals surface area contributed by atoms with Crippen molar-refractivity contribution in [3.63, 3.8) is 0 Å². The van der Waals surface area contributed by atoms with E-state index < -0.39 is 0 Å². The van der Waals surface area contributed by atoms with Gasteiger partial charge in [0.25, 0.3) is 0 Å². The van der Waals surface area contributed by atoms with Crippen LogP contribution in [0, 0.1) is 19.3 Å². The third-order valence-corrected chi connectivity index (χ3v) is 4.32. The SMILES string of the molecule is Cc1cc(C)cc(OCCC(=O)NCC2(C)CCNCC2)c1. The smallest absolute Gasteiger partial charge is 0.223 e. The summed E-state index contributed by atoms with van der Waals surface area (Å²) in [6, 6.07) is 6.11. The van der Waals surface area contributed by atoms with Crippen molar-refractivity contribution >= 4 is 5.91 Å². The second-order valence-corrected chi connectivity index (χ2v) is 6.76. The highest BCUT2D eigenvalue weighted by Gasteiger charge is 2.26. The van der Waals surface area contributed by atoms with Crippen molar-refractivity contribution in [2.45, 2.75) is 40.0 Å². The molecule has 0 radical (unpaired) electrons. The van der Waals surface area contributed by atoms with Gasteiger partial charge in [-0.1, -0.05) is 13.0 Å². The van der Waals surface area contributed by atoms with Crippen molar-refractivity contribution in [1.82, 2.24) is 10.6 Å². The number of benzene rings is 1. The predicted molar refractivity (Wildman–Crippen MR) is 89.2 cm³/mol. The Bertz CT molecular complexity index is 488. The Hall–Kier alpha value is -1.55. The highest BCUT2D eigenvalue weighted by Crippen LogP contribution is 2.26. The largest absolute Gasteiger partial charge is 0.493 e. The standard InChI is InChI=1S/C18H28N2O2/c1-14-10-15(2)12-16(11-14)22-9-4-17(21)20-13-18(3)5-7-19-8-6-18/h10-12,19H,4-9,13H2,1-3H3,(H,20,21). The van der Waals surface area contributed by atoms with Gasteiger partial charge in [-0.05, 0) is 68.5 Å². The number of amides is 1. The average molecular weight is 304 g/mol. The van der Waals surface area contributed by atoms with Crippen LogP contribution in [0.2, 0.25) is 0 Å². The Morgan fingerprint density at radius 1 is 1.23 bits per heavy atom. The zero-order chi connectivity index (χ0) is 16.0. The molecule has 0 unspecified atom stereocenters. The number of nitrogens with one attached hydrogen (secondary N) is 2. The molecular formula is C18H28N2O2. The summed E-state index contributed by atoms with van der Waals surface area (Å²) in [7, 11) is 0. The van der Waals surface area contributed by atoms with E-state index in [0.29, 0.717) is 13.0 Å². The molecule has 22 heavy (non-hydrogen) atoms. The van der Waals surface area contributed by atoms with Gasteiger partial charge in [-0.3, -0.25) is 4.79 Å². The lowest BCUT2D eigenvalue weighted by Gasteiger charge is -2.34. The fourth-order valence-corrected chi connectivity index (χ4v) is 2.89. The molecule has 1 amide bonds. The molecule has 1 aromatic rings. The van der Waals surface area contributed by atoms with E-state index in [4.69, 9.17) is 4.74 Å². The van der Waals surface area contributed by atoms with Crippen molar-refractivity contribution in [1.29, 1.82) is 0 Å². The number of aryl methyl sites for hydroxylation is 2. The quantitative estimate of drug-likeness (QED) is 0.849. The zero-order valence-corrected chi connectivity index (χ0v) is 14.0. The van der Waals surface area contributed by atoms with E-state index in [1.165, 1.54) is 11.1 Å². The van der Waals surface area contributed by atoms with Gasteiger partial charge in [-0.15, -0.1) is 0 Å². The summed E-state index contributed by atoms with van der Waals surface area (Å²) in [5, 5.41) is 6.41. The molecule has 1 aliphatic rings. The monoisotopic (exact) mass is 304 g/mol. The highest BCUT2D eigenvalue weighted by molar-refractivity contribution is 5.76. The van der Waals surface area contributed by atoms with Gasteiger partial charge in [0.1, 0.15) is 5.75 Å². The fourth-order valence-electron chi connectivity index (χ4n) is 2.89. The minimum absolute atomic E-state index is 0.0733. The zero-order valence-electron chi connectivity index (χ0n) is 14.0. The van der Waals surface area contributed by atoms with Crippen molar-refractivity contribution in [3.8, 4) is 5.75 Å². The molecule has 0 bridgehead atoms. The van der Waals surface area contributed by atoms with Gasteiger partial charge >= 0.3 is 0 Å². The minimum atomic E-state index is 0.0733. The van der Waals surface area contributed by atoms with Gasteiger partial charge in [0, 0.05) is 6.54 Å². The van der Waals surface area contributed by atoms with Crippen LogP contribution in [0.5, 0.6) is 5.75 Å². The van der Waals surface area contributed by atoms with Gasteiger partial charge in [0.15, 0.2) is 0 Å². The van der Waals surface area contributed by atoms with Crippen LogP contribution in [0.25, 0.3) is 0 Å². The van der Waals surface area contributed by atoms with E-state index >= 15 is 0 Å². The van der Waals surface area contributed by atoms with Crippen LogP contribution in [0.15, 0.2) is 18.2 Å². The molecule has 4 heteroatoms. The van der Waals surface area contributed by atoms with Crippen LogP contribution >= 0.6 is 0 Å². The van der Waals surface area contributed by atoms with Gasteiger partial charge in [-0.25, -0.2) is 0 Å². The van der Waals surface area contributed by atoms with E-state index in [2.05, 4.69) is 23.6 Å². The summed E-state index contributed by atoms with van der Waals surface area (Å²) in [5.74, 6) is 0.916. The van der Waals surface area contributed by atoms with Crippen molar-refractivity contribution in [2.75, 3.05) is 26.2 Å². The third kappa shape index (κ3) is 5.34. The molecule has 2 N–H and O–H groups in total. The molecule has 0 atom stereocenters. The topological polar surface area (TPSA) is 50.4 Å². The molecule has 122 valence electrons. The molecule has 0 saturated carbocycles. The molecule has 1 fully saturated rings.